The fourth-order valence-corrected chi connectivity index (χ4v) is 2.73. The molecule has 1 saturated carbocycles. The van der Waals surface area contributed by atoms with Crippen molar-refractivity contribution in [3.05, 3.63) is 23.8 Å². The first-order valence-electron chi connectivity index (χ1n) is 7.00. The van der Waals surface area contributed by atoms with Gasteiger partial charge in [0, 0.05) is 6.54 Å². The summed E-state index contributed by atoms with van der Waals surface area (Å²) < 4.78 is 5.58. The Balaban J connectivity index is 1.77. The van der Waals surface area contributed by atoms with Gasteiger partial charge in [-0.25, -0.2) is 4.79 Å². The molecule has 0 bridgehead atoms. The van der Waals surface area contributed by atoms with E-state index in [4.69, 9.17) is 9.52 Å². The van der Waals surface area contributed by atoms with Crippen molar-refractivity contribution in [2.24, 2.45) is 5.41 Å². The number of nitrogens with one attached hydrogen (secondary N) is 1. The minimum atomic E-state index is -0.961. The highest BCUT2D eigenvalue weighted by atomic mass is 16.4. The number of fused-ring (bicyclic) bond motifs is 1. The van der Waals surface area contributed by atoms with E-state index in [1.807, 2.05) is 0 Å². The zero-order chi connectivity index (χ0) is 14.2. The number of rotatable bonds is 5. The summed E-state index contributed by atoms with van der Waals surface area (Å²) in [5.74, 6) is -0.961. The summed E-state index contributed by atoms with van der Waals surface area (Å²) in [6.07, 6.45) is 4.95. The van der Waals surface area contributed by atoms with Crippen LogP contribution in [0.3, 0.4) is 0 Å². The molecule has 0 aliphatic heterocycles. The lowest BCUT2D eigenvalue weighted by Crippen LogP contribution is -2.35. The van der Waals surface area contributed by atoms with Crippen LogP contribution in [0.2, 0.25) is 0 Å². The van der Waals surface area contributed by atoms with E-state index >= 15 is 0 Å². The van der Waals surface area contributed by atoms with Crippen molar-refractivity contribution in [1.82, 2.24) is 4.98 Å². The molecule has 2 aromatic rings. The molecule has 0 radical (unpaired) electrons. The molecular formula is C15H18N2O3. The van der Waals surface area contributed by atoms with Gasteiger partial charge in [0.05, 0.1) is 5.56 Å². The molecule has 2 N–H and O–H groups in total. The molecule has 3 rings (SSSR count). The minimum absolute atomic E-state index is 0.212. The lowest BCUT2D eigenvalue weighted by atomic mass is 9.67. The van der Waals surface area contributed by atoms with Gasteiger partial charge in [-0.15, -0.1) is 0 Å². The maximum absolute atomic E-state index is 10.9. The van der Waals surface area contributed by atoms with E-state index in [1.54, 1.807) is 6.07 Å². The van der Waals surface area contributed by atoms with Crippen molar-refractivity contribution in [3.8, 4) is 0 Å². The van der Waals surface area contributed by atoms with Gasteiger partial charge in [0.25, 0.3) is 6.01 Å². The summed E-state index contributed by atoms with van der Waals surface area (Å²) in [6, 6.07) is 5.19. The molecule has 1 aromatic heterocycles. The highest BCUT2D eigenvalue weighted by molar-refractivity contribution is 5.92. The molecule has 1 aromatic carbocycles. The Morgan fingerprint density at radius 3 is 2.90 bits per heavy atom. The summed E-state index contributed by atoms with van der Waals surface area (Å²) in [5, 5.41) is 12.2. The van der Waals surface area contributed by atoms with Gasteiger partial charge in [0.1, 0.15) is 5.52 Å². The van der Waals surface area contributed by atoms with Gasteiger partial charge < -0.3 is 14.8 Å². The normalized spacial score (nSPS) is 16.9. The molecule has 5 heteroatoms. The Labute approximate surface area is 117 Å². The van der Waals surface area contributed by atoms with Gasteiger partial charge in [0.15, 0.2) is 5.58 Å². The zero-order valence-electron chi connectivity index (χ0n) is 11.5. The van der Waals surface area contributed by atoms with Gasteiger partial charge >= 0.3 is 5.97 Å². The van der Waals surface area contributed by atoms with Crippen molar-refractivity contribution in [2.45, 2.75) is 32.6 Å². The summed E-state index contributed by atoms with van der Waals surface area (Å²) >= 11 is 0. The fourth-order valence-electron chi connectivity index (χ4n) is 2.73. The average molecular weight is 274 g/mol. The van der Waals surface area contributed by atoms with Gasteiger partial charge in [-0.05, 0) is 42.9 Å². The minimum Gasteiger partial charge on any atom is -0.478 e. The first kappa shape index (κ1) is 13.0. The molecular weight excluding hydrogens is 256 g/mol. The predicted octanol–water partition coefficient (Wildman–Crippen LogP) is 3.52. The maximum atomic E-state index is 10.9. The zero-order valence-corrected chi connectivity index (χ0v) is 11.5. The van der Waals surface area contributed by atoms with Crippen molar-refractivity contribution in [2.75, 3.05) is 11.9 Å². The molecule has 0 unspecified atom stereocenters. The number of carboxylic acids is 1. The smallest absolute Gasteiger partial charge is 0.335 e. The Hall–Kier alpha value is -2.04. The van der Waals surface area contributed by atoms with E-state index in [0.29, 0.717) is 22.5 Å². The third-order valence-corrected chi connectivity index (χ3v) is 4.41. The van der Waals surface area contributed by atoms with Crippen LogP contribution >= 0.6 is 0 Å². The lowest BCUT2D eigenvalue weighted by molar-refractivity contribution is 0.0697. The summed E-state index contributed by atoms with van der Waals surface area (Å²) in [4.78, 5) is 15.3. The SMILES string of the molecule is CCC1(CNc2nc3ccc(C(=O)O)cc3o2)CCC1. The van der Waals surface area contributed by atoms with Crippen LogP contribution in [0, 0.1) is 5.41 Å². The van der Waals surface area contributed by atoms with Crippen LogP contribution in [0.15, 0.2) is 22.6 Å². The van der Waals surface area contributed by atoms with Crippen molar-refractivity contribution < 1.29 is 14.3 Å². The van der Waals surface area contributed by atoms with Crippen LogP contribution in [-0.2, 0) is 0 Å². The van der Waals surface area contributed by atoms with Gasteiger partial charge in [0.2, 0.25) is 0 Å². The molecule has 20 heavy (non-hydrogen) atoms. The van der Waals surface area contributed by atoms with E-state index in [0.717, 1.165) is 13.0 Å². The Bertz CT molecular complexity index is 638. The fraction of sp³-hybridized carbons (Fsp3) is 0.467. The number of aromatic carboxylic acids is 1. The first-order valence-corrected chi connectivity index (χ1v) is 7.00. The van der Waals surface area contributed by atoms with Crippen LogP contribution in [0.5, 0.6) is 0 Å². The second-order valence-electron chi connectivity index (χ2n) is 5.57. The lowest BCUT2D eigenvalue weighted by Gasteiger charge is -2.41. The molecule has 1 fully saturated rings. The van der Waals surface area contributed by atoms with Crippen molar-refractivity contribution in [1.29, 1.82) is 0 Å². The number of aromatic nitrogens is 1. The quantitative estimate of drug-likeness (QED) is 0.872. The van der Waals surface area contributed by atoms with Crippen molar-refractivity contribution in [3.63, 3.8) is 0 Å². The third kappa shape index (κ3) is 2.24. The van der Waals surface area contributed by atoms with Crippen LogP contribution in [-0.4, -0.2) is 22.6 Å². The number of hydrogen-bond acceptors (Lipinski definition) is 4. The molecule has 106 valence electrons. The number of carbonyl (C=O) groups is 1. The Kier molecular flexibility index (Phi) is 3.12. The summed E-state index contributed by atoms with van der Waals surface area (Å²) in [7, 11) is 0. The Morgan fingerprint density at radius 1 is 1.50 bits per heavy atom. The number of carboxylic acid groups (broad SMARTS) is 1. The second-order valence-corrected chi connectivity index (χ2v) is 5.57. The van der Waals surface area contributed by atoms with Crippen LogP contribution in [0.25, 0.3) is 11.1 Å². The van der Waals surface area contributed by atoms with Crippen LogP contribution in [0.4, 0.5) is 6.01 Å². The number of oxazole rings is 1. The second kappa shape index (κ2) is 4.81. The summed E-state index contributed by atoms with van der Waals surface area (Å²) in [6.45, 7) is 3.08. The van der Waals surface area contributed by atoms with E-state index in [1.165, 1.54) is 31.4 Å². The molecule has 0 amide bonds. The predicted molar refractivity (Wildman–Crippen MR) is 76.0 cm³/mol. The molecule has 1 aliphatic rings. The third-order valence-electron chi connectivity index (χ3n) is 4.41. The molecule has 0 saturated heterocycles. The first-order chi connectivity index (χ1) is 9.62. The molecule has 0 atom stereocenters. The number of hydrogen-bond donors (Lipinski definition) is 2. The summed E-state index contributed by atoms with van der Waals surface area (Å²) in [5.41, 5.74) is 1.78. The van der Waals surface area contributed by atoms with E-state index < -0.39 is 5.97 Å². The number of nitrogens with zero attached hydrogens (tertiary/aromatic N) is 1. The van der Waals surface area contributed by atoms with E-state index in [-0.39, 0.29) is 5.56 Å². The number of benzene rings is 1. The topological polar surface area (TPSA) is 75.4 Å². The molecule has 1 heterocycles. The average Bonchev–Trinajstić information content (AvgIpc) is 2.79. The highest BCUT2D eigenvalue weighted by Crippen LogP contribution is 2.43. The monoisotopic (exact) mass is 274 g/mol. The van der Waals surface area contributed by atoms with Gasteiger partial charge in [-0.2, -0.15) is 4.98 Å². The van der Waals surface area contributed by atoms with Gasteiger partial charge in [-0.3, -0.25) is 0 Å². The van der Waals surface area contributed by atoms with Crippen LogP contribution in [0.1, 0.15) is 43.0 Å². The largest absolute Gasteiger partial charge is 0.478 e. The standard InChI is InChI=1S/C15H18N2O3/c1-2-15(6-3-7-15)9-16-14-17-11-5-4-10(13(18)19)8-12(11)20-14/h4-5,8H,2-3,6-7,9H2,1H3,(H,16,17)(H,18,19). The Morgan fingerprint density at radius 2 is 2.30 bits per heavy atom. The highest BCUT2D eigenvalue weighted by Gasteiger charge is 2.35. The van der Waals surface area contributed by atoms with E-state index in [9.17, 15) is 4.79 Å². The maximum Gasteiger partial charge on any atom is 0.335 e. The van der Waals surface area contributed by atoms with Gasteiger partial charge in [-0.1, -0.05) is 13.3 Å². The van der Waals surface area contributed by atoms with Crippen molar-refractivity contribution >= 4 is 23.1 Å². The molecule has 0 spiro atoms. The van der Waals surface area contributed by atoms with Crippen LogP contribution < -0.4 is 5.32 Å². The molecule has 5 nitrogen and oxygen atoms in total. The number of anilines is 1. The molecule has 1 aliphatic carbocycles. The van der Waals surface area contributed by atoms with E-state index in [2.05, 4.69) is 17.2 Å².